The number of aromatic amines is 2. The highest BCUT2D eigenvalue weighted by Crippen LogP contribution is 2.35. The largest absolute Gasteiger partial charge is 0.321 e. The number of benzene rings is 1. The fourth-order valence-corrected chi connectivity index (χ4v) is 4.39. The van der Waals surface area contributed by atoms with Gasteiger partial charge in [-0.15, -0.1) is 21.5 Å². The van der Waals surface area contributed by atoms with Crippen molar-refractivity contribution in [2.45, 2.75) is 26.2 Å². The molecular formula is C23H21N5OS. The number of hydrogen-bond acceptors (Lipinski definition) is 5. The monoisotopic (exact) mass is 415 g/mol. The van der Waals surface area contributed by atoms with Gasteiger partial charge in [0.05, 0.1) is 5.56 Å². The van der Waals surface area contributed by atoms with E-state index in [2.05, 4.69) is 68.9 Å². The van der Waals surface area contributed by atoms with Crippen molar-refractivity contribution in [3.8, 4) is 33.1 Å². The number of aryl methyl sites for hydroxylation is 1. The summed E-state index contributed by atoms with van der Waals surface area (Å²) >= 11 is 1.68. The Kier molecular flexibility index (Phi) is 4.88. The average Bonchev–Trinajstić information content (AvgIpc) is 3.23. The molecule has 5 rings (SSSR count). The molecule has 0 aliphatic heterocycles. The lowest BCUT2D eigenvalue weighted by molar-refractivity contribution is 0.881. The maximum atomic E-state index is 13.0. The summed E-state index contributed by atoms with van der Waals surface area (Å²) in [5, 5.41) is 14.2. The zero-order valence-corrected chi connectivity index (χ0v) is 17.4. The topological polar surface area (TPSA) is 87.3 Å². The Labute approximate surface area is 177 Å². The first-order valence-corrected chi connectivity index (χ1v) is 10.9. The van der Waals surface area contributed by atoms with Crippen molar-refractivity contribution in [2.75, 3.05) is 0 Å². The highest BCUT2D eigenvalue weighted by atomic mass is 32.1. The lowest BCUT2D eigenvalue weighted by atomic mass is 10.0. The zero-order chi connectivity index (χ0) is 20.5. The SMILES string of the molecule is CCc1ccc(-c2cc(-c3ccc(C=CC4CC4)cc3)[nH]c(=O)c2-c2nn[nH]n2)s1. The molecule has 6 nitrogen and oxygen atoms in total. The van der Waals surface area contributed by atoms with E-state index in [-0.39, 0.29) is 5.56 Å². The second kappa shape index (κ2) is 7.84. The molecule has 30 heavy (non-hydrogen) atoms. The molecule has 1 aromatic carbocycles. The molecule has 0 saturated heterocycles. The van der Waals surface area contributed by atoms with Crippen LogP contribution in [0.15, 0.2) is 53.3 Å². The van der Waals surface area contributed by atoms with Crippen LogP contribution in [-0.4, -0.2) is 25.6 Å². The summed E-state index contributed by atoms with van der Waals surface area (Å²) in [6.07, 6.45) is 8.00. The predicted octanol–water partition coefficient (Wildman–Crippen LogP) is 4.94. The molecule has 3 aromatic heterocycles. The standard InChI is InChI=1S/C23H21N5OS/c1-2-17-11-12-20(30-17)18-13-19(24-23(29)21(18)22-25-27-28-26-22)16-9-7-15(8-10-16)6-5-14-3-4-14/h5-14H,2-4H2,1H3,(H,24,29)(H,25,26,27,28). The van der Waals surface area contributed by atoms with E-state index in [0.717, 1.165) is 34.0 Å². The minimum Gasteiger partial charge on any atom is -0.321 e. The Morgan fingerprint density at radius 3 is 2.67 bits per heavy atom. The van der Waals surface area contributed by atoms with Gasteiger partial charge in [0.2, 0.25) is 5.82 Å². The maximum absolute atomic E-state index is 13.0. The number of pyridine rings is 1. The van der Waals surface area contributed by atoms with Crippen molar-refractivity contribution in [1.82, 2.24) is 25.6 Å². The van der Waals surface area contributed by atoms with Gasteiger partial charge in [-0.25, -0.2) is 0 Å². The predicted molar refractivity (Wildman–Crippen MR) is 120 cm³/mol. The number of aromatic nitrogens is 5. The number of H-pyrrole nitrogens is 2. The third kappa shape index (κ3) is 3.76. The molecule has 0 unspecified atom stereocenters. The van der Waals surface area contributed by atoms with E-state index >= 15 is 0 Å². The number of tetrazole rings is 1. The van der Waals surface area contributed by atoms with Gasteiger partial charge in [0.15, 0.2) is 0 Å². The summed E-state index contributed by atoms with van der Waals surface area (Å²) in [5.74, 6) is 1.05. The summed E-state index contributed by atoms with van der Waals surface area (Å²) < 4.78 is 0. The molecule has 3 heterocycles. The van der Waals surface area contributed by atoms with Gasteiger partial charge in [-0.2, -0.15) is 5.21 Å². The van der Waals surface area contributed by atoms with Gasteiger partial charge >= 0.3 is 0 Å². The number of nitrogens with one attached hydrogen (secondary N) is 2. The smallest absolute Gasteiger partial charge is 0.260 e. The number of rotatable bonds is 6. The quantitative estimate of drug-likeness (QED) is 0.467. The molecule has 0 spiro atoms. The second-order valence-electron chi connectivity index (χ2n) is 7.47. The molecule has 0 bridgehead atoms. The van der Waals surface area contributed by atoms with Crippen LogP contribution in [0.3, 0.4) is 0 Å². The van der Waals surface area contributed by atoms with E-state index in [1.165, 1.54) is 23.3 Å². The highest BCUT2D eigenvalue weighted by Gasteiger charge is 2.19. The van der Waals surface area contributed by atoms with Crippen LogP contribution in [0.5, 0.6) is 0 Å². The van der Waals surface area contributed by atoms with E-state index in [1.807, 2.05) is 18.2 Å². The van der Waals surface area contributed by atoms with Crippen molar-refractivity contribution >= 4 is 17.4 Å². The molecule has 1 aliphatic rings. The minimum absolute atomic E-state index is 0.229. The molecule has 2 N–H and O–H groups in total. The van der Waals surface area contributed by atoms with Gasteiger partial charge in [0, 0.05) is 21.0 Å². The Bertz CT molecular complexity index is 1250. The summed E-state index contributed by atoms with van der Waals surface area (Å²) in [4.78, 5) is 18.3. The zero-order valence-electron chi connectivity index (χ0n) is 16.6. The summed E-state index contributed by atoms with van der Waals surface area (Å²) in [5.41, 5.74) is 3.92. The first-order valence-electron chi connectivity index (χ1n) is 10.1. The van der Waals surface area contributed by atoms with Gasteiger partial charge in [-0.1, -0.05) is 43.3 Å². The molecule has 0 atom stereocenters. The van der Waals surface area contributed by atoms with Crippen LogP contribution in [0.1, 0.15) is 30.2 Å². The number of thiophene rings is 1. The average molecular weight is 416 g/mol. The lowest BCUT2D eigenvalue weighted by Gasteiger charge is -2.09. The van der Waals surface area contributed by atoms with Crippen molar-refractivity contribution in [3.05, 3.63) is 69.3 Å². The van der Waals surface area contributed by atoms with Crippen molar-refractivity contribution < 1.29 is 0 Å². The third-order valence-corrected chi connectivity index (χ3v) is 6.55. The summed E-state index contributed by atoms with van der Waals surface area (Å²) in [7, 11) is 0. The van der Waals surface area contributed by atoms with Crippen molar-refractivity contribution in [2.24, 2.45) is 5.92 Å². The van der Waals surface area contributed by atoms with E-state index in [1.54, 1.807) is 11.3 Å². The van der Waals surface area contributed by atoms with E-state index in [9.17, 15) is 4.79 Å². The fourth-order valence-electron chi connectivity index (χ4n) is 3.42. The third-order valence-electron chi connectivity index (χ3n) is 5.28. The van der Waals surface area contributed by atoms with Crippen LogP contribution < -0.4 is 5.56 Å². The lowest BCUT2D eigenvalue weighted by Crippen LogP contribution is -2.12. The Hall–Kier alpha value is -3.32. The van der Waals surface area contributed by atoms with Gasteiger partial charge in [-0.3, -0.25) is 4.79 Å². The van der Waals surface area contributed by atoms with E-state index in [0.29, 0.717) is 11.4 Å². The van der Waals surface area contributed by atoms with Crippen LogP contribution in [-0.2, 0) is 6.42 Å². The Morgan fingerprint density at radius 2 is 2.00 bits per heavy atom. The molecule has 150 valence electrons. The van der Waals surface area contributed by atoms with Gasteiger partial charge in [0.25, 0.3) is 5.56 Å². The van der Waals surface area contributed by atoms with Crippen molar-refractivity contribution in [1.29, 1.82) is 0 Å². The summed E-state index contributed by atoms with van der Waals surface area (Å²) in [6.45, 7) is 2.12. The molecule has 4 aromatic rings. The molecule has 1 aliphatic carbocycles. The number of nitrogens with zero attached hydrogens (tertiary/aromatic N) is 3. The highest BCUT2D eigenvalue weighted by molar-refractivity contribution is 7.15. The van der Waals surface area contributed by atoms with Gasteiger partial charge in [0.1, 0.15) is 0 Å². The second-order valence-corrected chi connectivity index (χ2v) is 8.64. The number of hydrogen-bond donors (Lipinski definition) is 2. The van der Waals surface area contributed by atoms with Crippen LogP contribution in [0.25, 0.3) is 39.2 Å². The molecule has 1 saturated carbocycles. The molecule has 7 heteroatoms. The fraction of sp³-hybridized carbons (Fsp3) is 0.217. The molecule has 0 amide bonds. The first kappa shape index (κ1) is 18.7. The van der Waals surface area contributed by atoms with Crippen LogP contribution in [0.2, 0.25) is 0 Å². The van der Waals surface area contributed by atoms with Crippen LogP contribution in [0.4, 0.5) is 0 Å². The van der Waals surface area contributed by atoms with Crippen molar-refractivity contribution in [3.63, 3.8) is 0 Å². The minimum atomic E-state index is -0.229. The maximum Gasteiger partial charge on any atom is 0.260 e. The van der Waals surface area contributed by atoms with Gasteiger partial charge in [-0.05, 0) is 59.7 Å². The normalized spacial score (nSPS) is 13.9. The molecular weight excluding hydrogens is 394 g/mol. The summed E-state index contributed by atoms with van der Waals surface area (Å²) in [6, 6.07) is 14.4. The van der Waals surface area contributed by atoms with Crippen LogP contribution in [0, 0.1) is 5.92 Å². The van der Waals surface area contributed by atoms with E-state index < -0.39 is 0 Å². The number of allylic oxidation sites excluding steroid dienone is 1. The first-order chi connectivity index (χ1) is 14.7. The molecule has 0 radical (unpaired) electrons. The van der Waals surface area contributed by atoms with Gasteiger partial charge < -0.3 is 4.98 Å². The van der Waals surface area contributed by atoms with Crippen LogP contribution >= 0.6 is 11.3 Å². The van der Waals surface area contributed by atoms with E-state index in [4.69, 9.17) is 0 Å². The Balaban J connectivity index is 1.58. The molecule has 1 fully saturated rings. The Morgan fingerprint density at radius 1 is 1.17 bits per heavy atom.